The van der Waals surface area contributed by atoms with Gasteiger partial charge in [0.25, 0.3) is 0 Å². The Balaban J connectivity index is 2.46. The van der Waals surface area contributed by atoms with E-state index in [1.807, 2.05) is 0 Å². The van der Waals surface area contributed by atoms with Crippen LogP contribution in [0.4, 0.5) is 0 Å². The monoisotopic (exact) mass is 246 g/mol. The van der Waals surface area contributed by atoms with Crippen molar-refractivity contribution in [2.75, 3.05) is 0 Å². The summed E-state index contributed by atoms with van der Waals surface area (Å²) in [5.74, 6) is -0.465. The number of Topliss-reactive ketones (excluding diaryl/α,β-unsaturated/α-hetero) is 1. The average molecular weight is 246 g/mol. The highest BCUT2D eigenvalue weighted by atomic mass is 16.3. The highest BCUT2D eigenvalue weighted by molar-refractivity contribution is 5.88. The molecule has 0 amide bonds. The Morgan fingerprint density at radius 3 is 2.61 bits per heavy atom. The maximum Gasteiger partial charge on any atom is 0.157 e. The van der Waals surface area contributed by atoms with E-state index in [4.69, 9.17) is 4.42 Å². The zero-order valence-electron chi connectivity index (χ0n) is 9.96. The van der Waals surface area contributed by atoms with Crippen molar-refractivity contribution in [1.82, 2.24) is 0 Å². The minimum absolute atomic E-state index is 0.00459. The van der Waals surface area contributed by atoms with E-state index in [1.165, 1.54) is 18.4 Å². The summed E-state index contributed by atoms with van der Waals surface area (Å²) >= 11 is 0. The second-order valence-corrected chi connectivity index (χ2v) is 4.02. The van der Waals surface area contributed by atoms with Crippen LogP contribution >= 0.6 is 0 Å². The maximum atomic E-state index is 12.0. The van der Waals surface area contributed by atoms with E-state index in [0.717, 1.165) is 0 Å². The highest BCUT2D eigenvalue weighted by Crippen LogP contribution is 2.33. The molecule has 2 aromatic rings. The lowest BCUT2D eigenvalue weighted by molar-refractivity contribution is -0.119. The summed E-state index contributed by atoms with van der Waals surface area (Å²) in [6.45, 7) is 1.78. The van der Waals surface area contributed by atoms with Crippen molar-refractivity contribution in [1.29, 1.82) is 0 Å². The summed E-state index contributed by atoms with van der Waals surface area (Å²) in [4.78, 5) is 12.0. The molecule has 0 spiro atoms. The molecule has 2 N–H and O–H groups in total. The molecular weight excluding hydrogens is 232 g/mol. The number of aromatic hydroxyl groups is 2. The molecule has 1 aromatic heterocycles. The minimum atomic E-state index is -0.545. The summed E-state index contributed by atoms with van der Waals surface area (Å²) in [5, 5.41) is 18.8. The Morgan fingerprint density at radius 2 is 2.06 bits per heavy atom. The zero-order chi connectivity index (χ0) is 13.1. The third-order valence-corrected chi connectivity index (χ3v) is 2.83. The number of hydrogen-bond donors (Lipinski definition) is 2. The number of carbonyl (C=O) groups is 1. The number of carbonyl (C=O) groups excluding carboxylic acids is 1. The Bertz CT molecular complexity index is 543. The SMILES string of the molecule is CCC(=O)C(c1ccc(O)c(O)c1)c1ccco1. The minimum Gasteiger partial charge on any atom is -0.504 e. The molecule has 4 heteroatoms. The molecule has 1 atom stereocenters. The molecule has 0 aliphatic rings. The van der Waals surface area contributed by atoms with Crippen molar-refractivity contribution in [2.45, 2.75) is 19.3 Å². The first-order valence-corrected chi connectivity index (χ1v) is 5.71. The normalized spacial score (nSPS) is 12.3. The van der Waals surface area contributed by atoms with Crippen LogP contribution < -0.4 is 0 Å². The number of rotatable bonds is 4. The lowest BCUT2D eigenvalue weighted by Crippen LogP contribution is -2.12. The topological polar surface area (TPSA) is 70.7 Å². The first-order chi connectivity index (χ1) is 8.63. The molecule has 0 aliphatic heterocycles. The standard InChI is InChI=1S/C14H14O4/c1-2-10(15)14(13-4-3-7-18-13)9-5-6-11(16)12(17)8-9/h3-8,14,16-17H,2H2,1H3. The molecule has 94 valence electrons. The molecule has 0 aliphatic carbocycles. The zero-order valence-corrected chi connectivity index (χ0v) is 9.96. The maximum absolute atomic E-state index is 12.0. The molecule has 1 heterocycles. The van der Waals surface area contributed by atoms with Crippen LogP contribution in [0.15, 0.2) is 41.0 Å². The number of ketones is 1. The van der Waals surface area contributed by atoms with Gasteiger partial charge in [-0.05, 0) is 29.8 Å². The third kappa shape index (κ3) is 2.22. The van der Waals surface area contributed by atoms with Crippen LogP contribution in [0.25, 0.3) is 0 Å². The largest absolute Gasteiger partial charge is 0.504 e. The van der Waals surface area contributed by atoms with Crippen molar-refractivity contribution in [2.24, 2.45) is 0 Å². The van der Waals surface area contributed by atoms with Crippen LogP contribution in [0.2, 0.25) is 0 Å². The number of phenolic OH excluding ortho intramolecular Hbond substituents is 2. The van der Waals surface area contributed by atoms with Crippen LogP contribution in [0, 0.1) is 0 Å². The number of phenols is 2. The molecule has 0 saturated carbocycles. The molecule has 0 bridgehead atoms. The van der Waals surface area contributed by atoms with E-state index in [1.54, 1.807) is 25.1 Å². The second kappa shape index (κ2) is 4.96. The van der Waals surface area contributed by atoms with Crippen molar-refractivity contribution in [3.8, 4) is 11.5 Å². The summed E-state index contributed by atoms with van der Waals surface area (Å²) in [5.41, 5.74) is 0.604. The smallest absolute Gasteiger partial charge is 0.157 e. The highest BCUT2D eigenvalue weighted by Gasteiger charge is 2.24. The van der Waals surface area contributed by atoms with Gasteiger partial charge in [-0.2, -0.15) is 0 Å². The van der Waals surface area contributed by atoms with Gasteiger partial charge in [0.15, 0.2) is 11.5 Å². The Labute approximate surface area is 104 Å². The van der Waals surface area contributed by atoms with Gasteiger partial charge in [-0.15, -0.1) is 0 Å². The lowest BCUT2D eigenvalue weighted by atomic mass is 9.91. The van der Waals surface area contributed by atoms with Gasteiger partial charge >= 0.3 is 0 Å². The Kier molecular flexibility index (Phi) is 3.37. The molecule has 0 fully saturated rings. The van der Waals surface area contributed by atoms with E-state index in [2.05, 4.69) is 0 Å². The molecule has 0 saturated heterocycles. The van der Waals surface area contributed by atoms with E-state index in [0.29, 0.717) is 17.7 Å². The molecule has 4 nitrogen and oxygen atoms in total. The molecule has 1 unspecified atom stereocenters. The number of benzene rings is 1. The van der Waals surface area contributed by atoms with Gasteiger partial charge in [0.05, 0.1) is 6.26 Å². The van der Waals surface area contributed by atoms with Crippen molar-refractivity contribution >= 4 is 5.78 Å². The quantitative estimate of drug-likeness (QED) is 0.814. The first kappa shape index (κ1) is 12.2. The number of furan rings is 1. The summed E-state index contributed by atoms with van der Waals surface area (Å²) in [6, 6.07) is 7.79. The van der Waals surface area contributed by atoms with Gasteiger partial charge in [-0.1, -0.05) is 13.0 Å². The van der Waals surface area contributed by atoms with Crippen LogP contribution in [0.5, 0.6) is 11.5 Å². The van der Waals surface area contributed by atoms with E-state index in [9.17, 15) is 15.0 Å². The Morgan fingerprint density at radius 1 is 1.28 bits per heavy atom. The summed E-state index contributed by atoms with van der Waals surface area (Å²) < 4.78 is 5.28. The van der Waals surface area contributed by atoms with Gasteiger partial charge in [-0.25, -0.2) is 0 Å². The van der Waals surface area contributed by atoms with Gasteiger partial charge < -0.3 is 14.6 Å². The van der Waals surface area contributed by atoms with Gasteiger partial charge in [0.2, 0.25) is 0 Å². The first-order valence-electron chi connectivity index (χ1n) is 5.71. The molecular formula is C14H14O4. The van der Waals surface area contributed by atoms with Crippen LogP contribution in [0.3, 0.4) is 0 Å². The second-order valence-electron chi connectivity index (χ2n) is 4.02. The van der Waals surface area contributed by atoms with E-state index < -0.39 is 5.92 Å². The number of hydrogen-bond acceptors (Lipinski definition) is 4. The van der Waals surface area contributed by atoms with Gasteiger partial charge in [0, 0.05) is 6.42 Å². The fraction of sp³-hybridized carbons (Fsp3) is 0.214. The fourth-order valence-corrected chi connectivity index (χ4v) is 1.89. The Hall–Kier alpha value is -2.23. The third-order valence-electron chi connectivity index (χ3n) is 2.83. The van der Waals surface area contributed by atoms with Crippen LogP contribution in [-0.2, 0) is 4.79 Å². The van der Waals surface area contributed by atoms with Crippen LogP contribution in [-0.4, -0.2) is 16.0 Å². The van der Waals surface area contributed by atoms with Crippen molar-refractivity contribution < 1.29 is 19.4 Å². The summed E-state index contributed by atoms with van der Waals surface area (Å²) in [6.07, 6.45) is 1.87. The van der Waals surface area contributed by atoms with E-state index >= 15 is 0 Å². The fourth-order valence-electron chi connectivity index (χ4n) is 1.89. The summed E-state index contributed by atoms with van der Waals surface area (Å²) in [7, 11) is 0. The molecule has 0 radical (unpaired) electrons. The van der Waals surface area contributed by atoms with Crippen molar-refractivity contribution in [3.63, 3.8) is 0 Å². The predicted octanol–water partition coefficient (Wildman–Crippen LogP) is 2.80. The predicted molar refractivity (Wildman–Crippen MR) is 65.6 cm³/mol. The molecule has 1 aromatic carbocycles. The van der Waals surface area contributed by atoms with E-state index in [-0.39, 0.29) is 17.3 Å². The van der Waals surface area contributed by atoms with Gasteiger partial charge in [0.1, 0.15) is 17.5 Å². The molecule has 18 heavy (non-hydrogen) atoms. The van der Waals surface area contributed by atoms with Crippen LogP contribution in [0.1, 0.15) is 30.6 Å². The van der Waals surface area contributed by atoms with Gasteiger partial charge in [-0.3, -0.25) is 4.79 Å². The molecule has 2 rings (SSSR count). The van der Waals surface area contributed by atoms with Crippen molar-refractivity contribution in [3.05, 3.63) is 47.9 Å². The lowest BCUT2D eigenvalue weighted by Gasteiger charge is -2.13. The average Bonchev–Trinajstić information content (AvgIpc) is 2.87.